The van der Waals surface area contributed by atoms with Crippen LogP contribution in [0.4, 0.5) is 0 Å². The normalized spacial score (nSPS) is 13.4. The molecule has 2 heterocycles. The van der Waals surface area contributed by atoms with Crippen molar-refractivity contribution in [3.05, 3.63) is 24.3 Å². The maximum absolute atomic E-state index is 4.27. The zero-order valence-corrected chi connectivity index (χ0v) is 7.91. The van der Waals surface area contributed by atoms with Crippen molar-refractivity contribution in [2.75, 3.05) is 0 Å². The molecule has 1 unspecified atom stereocenters. The van der Waals surface area contributed by atoms with Crippen LogP contribution in [-0.4, -0.2) is 15.0 Å². The maximum Gasteiger partial charge on any atom is 0.116 e. The zero-order valence-electron chi connectivity index (χ0n) is 7.91. The number of aromatic nitrogens is 3. The Balaban J connectivity index is 2.57. The summed E-state index contributed by atoms with van der Waals surface area (Å²) < 4.78 is 0. The van der Waals surface area contributed by atoms with Crippen molar-refractivity contribution in [3.8, 4) is 0 Å². The Morgan fingerprint density at radius 2 is 2.38 bits per heavy atom. The smallest absolute Gasteiger partial charge is 0.116 e. The second kappa shape index (κ2) is 3.17. The highest BCUT2D eigenvalue weighted by molar-refractivity contribution is 5.78. The quantitative estimate of drug-likeness (QED) is 0.761. The number of nitrogens with one attached hydrogen (secondary N) is 1. The summed E-state index contributed by atoms with van der Waals surface area (Å²) in [5.41, 5.74) is 3.38. The largest absolute Gasteiger partial charge is 0.358 e. The van der Waals surface area contributed by atoms with Gasteiger partial charge in [-0.2, -0.15) is 0 Å². The first kappa shape index (κ1) is 8.23. The highest BCUT2D eigenvalue weighted by Gasteiger charge is 2.09. The molecule has 0 amide bonds. The van der Waals surface area contributed by atoms with E-state index in [1.165, 1.54) is 5.56 Å². The van der Waals surface area contributed by atoms with E-state index in [1.807, 2.05) is 12.4 Å². The molecule has 1 N–H and O–H groups in total. The number of rotatable bonds is 2. The van der Waals surface area contributed by atoms with Crippen LogP contribution >= 0.6 is 0 Å². The van der Waals surface area contributed by atoms with Crippen molar-refractivity contribution in [1.29, 1.82) is 0 Å². The second-order valence-corrected chi connectivity index (χ2v) is 3.34. The molecule has 3 heteroatoms. The van der Waals surface area contributed by atoms with Gasteiger partial charge in [0.1, 0.15) is 6.33 Å². The van der Waals surface area contributed by atoms with Crippen LogP contribution in [0.15, 0.2) is 18.7 Å². The third-order valence-electron chi connectivity index (χ3n) is 2.51. The van der Waals surface area contributed by atoms with Gasteiger partial charge >= 0.3 is 0 Å². The molecule has 0 radical (unpaired) electrons. The van der Waals surface area contributed by atoms with E-state index in [0.717, 1.165) is 17.5 Å². The van der Waals surface area contributed by atoms with Crippen LogP contribution in [0.2, 0.25) is 0 Å². The minimum Gasteiger partial charge on any atom is -0.358 e. The second-order valence-electron chi connectivity index (χ2n) is 3.34. The Morgan fingerprint density at radius 3 is 3.15 bits per heavy atom. The summed E-state index contributed by atoms with van der Waals surface area (Å²) in [6.45, 7) is 4.40. The van der Waals surface area contributed by atoms with Crippen LogP contribution in [0.25, 0.3) is 11.0 Å². The lowest BCUT2D eigenvalue weighted by molar-refractivity contribution is 0.738. The van der Waals surface area contributed by atoms with Gasteiger partial charge < -0.3 is 4.98 Å². The third kappa shape index (κ3) is 1.30. The average Bonchev–Trinajstić information content (AvgIpc) is 2.60. The summed E-state index contributed by atoms with van der Waals surface area (Å²) in [5, 5.41) is 0. The van der Waals surface area contributed by atoms with Crippen LogP contribution in [0.3, 0.4) is 0 Å². The van der Waals surface area contributed by atoms with E-state index in [9.17, 15) is 0 Å². The average molecular weight is 175 g/mol. The summed E-state index contributed by atoms with van der Waals surface area (Å²) in [6.07, 6.45) is 6.58. The maximum atomic E-state index is 4.27. The van der Waals surface area contributed by atoms with Crippen LogP contribution in [-0.2, 0) is 0 Å². The fourth-order valence-electron chi connectivity index (χ4n) is 1.48. The van der Waals surface area contributed by atoms with E-state index in [0.29, 0.717) is 5.92 Å². The molecular formula is C10H13N3. The van der Waals surface area contributed by atoms with Crippen LogP contribution in [0.5, 0.6) is 0 Å². The van der Waals surface area contributed by atoms with Crippen molar-refractivity contribution in [2.24, 2.45) is 0 Å². The van der Waals surface area contributed by atoms with Gasteiger partial charge in [-0.3, -0.25) is 0 Å². The monoisotopic (exact) mass is 175 g/mol. The molecule has 0 aliphatic carbocycles. The van der Waals surface area contributed by atoms with Crippen LogP contribution in [0, 0.1) is 0 Å². The Kier molecular flexibility index (Phi) is 2.00. The Labute approximate surface area is 77.2 Å². The molecule has 2 rings (SSSR count). The van der Waals surface area contributed by atoms with Gasteiger partial charge in [-0.15, -0.1) is 0 Å². The van der Waals surface area contributed by atoms with Gasteiger partial charge in [0, 0.05) is 6.20 Å². The van der Waals surface area contributed by atoms with E-state index in [-0.39, 0.29) is 0 Å². The molecule has 0 saturated heterocycles. The Bertz CT molecular complexity index is 405. The number of hydrogen-bond donors (Lipinski definition) is 1. The number of hydrogen-bond acceptors (Lipinski definition) is 2. The van der Waals surface area contributed by atoms with Gasteiger partial charge in [0.05, 0.1) is 17.2 Å². The molecule has 0 aliphatic rings. The Hall–Kier alpha value is -1.38. The van der Waals surface area contributed by atoms with E-state index < -0.39 is 0 Å². The number of nitrogens with zero attached hydrogens (tertiary/aromatic N) is 2. The molecule has 0 bridgehead atoms. The molecule has 3 nitrogen and oxygen atoms in total. The Morgan fingerprint density at radius 1 is 1.54 bits per heavy atom. The number of H-pyrrole nitrogens is 1. The van der Waals surface area contributed by atoms with Gasteiger partial charge in [-0.1, -0.05) is 13.8 Å². The zero-order chi connectivity index (χ0) is 9.26. The van der Waals surface area contributed by atoms with E-state index in [1.54, 1.807) is 6.33 Å². The number of fused-ring (bicyclic) bond motifs is 1. The van der Waals surface area contributed by atoms with Gasteiger partial charge in [0.15, 0.2) is 0 Å². The molecule has 0 saturated carbocycles. The molecular weight excluding hydrogens is 162 g/mol. The van der Waals surface area contributed by atoms with Gasteiger partial charge in [-0.05, 0) is 17.9 Å². The lowest BCUT2D eigenvalue weighted by Gasteiger charge is -2.04. The van der Waals surface area contributed by atoms with Crippen molar-refractivity contribution in [3.63, 3.8) is 0 Å². The number of aromatic amines is 1. The van der Waals surface area contributed by atoms with Crippen LogP contribution in [0.1, 0.15) is 31.7 Å². The predicted molar refractivity (Wildman–Crippen MR) is 52.6 cm³/mol. The molecule has 1 atom stereocenters. The molecule has 2 aromatic rings. The first-order valence-electron chi connectivity index (χ1n) is 4.60. The lowest BCUT2D eigenvalue weighted by Crippen LogP contribution is -1.90. The summed E-state index contributed by atoms with van der Waals surface area (Å²) in [4.78, 5) is 11.4. The summed E-state index contributed by atoms with van der Waals surface area (Å²) in [7, 11) is 0. The van der Waals surface area contributed by atoms with Crippen molar-refractivity contribution < 1.29 is 0 Å². The summed E-state index contributed by atoms with van der Waals surface area (Å²) in [6, 6.07) is 0. The molecule has 0 aromatic carbocycles. The molecule has 2 aromatic heterocycles. The molecule has 0 spiro atoms. The first-order valence-corrected chi connectivity index (χ1v) is 4.60. The lowest BCUT2D eigenvalue weighted by atomic mass is 10.0. The van der Waals surface area contributed by atoms with E-state index in [4.69, 9.17) is 0 Å². The van der Waals surface area contributed by atoms with Crippen molar-refractivity contribution in [2.45, 2.75) is 26.2 Å². The molecule has 0 aliphatic heterocycles. The third-order valence-corrected chi connectivity index (χ3v) is 2.51. The van der Waals surface area contributed by atoms with Gasteiger partial charge in [0.25, 0.3) is 0 Å². The van der Waals surface area contributed by atoms with E-state index in [2.05, 4.69) is 28.8 Å². The molecule has 0 fully saturated rings. The van der Waals surface area contributed by atoms with Gasteiger partial charge in [-0.25, -0.2) is 9.97 Å². The topological polar surface area (TPSA) is 41.6 Å². The predicted octanol–water partition coefficient (Wildman–Crippen LogP) is 2.47. The SMILES string of the molecule is CCC(C)c1c[nH]c2cncnc12. The van der Waals surface area contributed by atoms with Crippen LogP contribution < -0.4 is 0 Å². The minimum atomic E-state index is 0.559. The molecule has 13 heavy (non-hydrogen) atoms. The highest BCUT2D eigenvalue weighted by Crippen LogP contribution is 2.24. The fraction of sp³-hybridized carbons (Fsp3) is 0.400. The summed E-state index contributed by atoms with van der Waals surface area (Å²) in [5.74, 6) is 0.559. The summed E-state index contributed by atoms with van der Waals surface area (Å²) >= 11 is 0. The standard InChI is InChI=1S/C10H13N3/c1-3-7(2)8-4-12-9-5-11-6-13-10(8)9/h4-7,12H,3H2,1-2H3. The fourth-order valence-corrected chi connectivity index (χ4v) is 1.48. The minimum absolute atomic E-state index is 0.559. The molecule has 68 valence electrons. The van der Waals surface area contributed by atoms with E-state index >= 15 is 0 Å². The van der Waals surface area contributed by atoms with Crippen molar-refractivity contribution in [1.82, 2.24) is 15.0 Å². The van der Waals surface area contributed by atoms with Gasteiger partial charge in [0.2, 0.25) is 0 Å². The highest BCUT2D eigenvalue weighted by atomic mass is 14.9. The van der Waals surface area contributed by atoms with Crippen molar-refractivity contribution >= 4 is 11.0 Å². The first-order chi connectivity index (χ1) is 6.33.